The molecule has 0 aliphatic rings. The number of methoxy groups -OCH3 is 2. The van der Waals surface area contributed by atoms with Gasteiger partial charge >= 0.3 is 12.2 Å². The molecular weight excluding hydrogens is 304 g/mol. The highest BCUT2D eigenvalue weighted by Crippen LogP contribution is 2.14. The summed E-state index contributed by atoms with van der Waals surface area (Å²) in [5.41, 5.74) is 0.961. The van der Waals surface area contributed by atoms with Gasteiger partial charge in [0.25, 0.3) is 0 Å². The second-order valence-electron chi connectivity index (χ2n) is 7.04. The number of hydrogen-bond acceptors (Lipinski definition) is 6. The van der Waals surface area contributed by atoms with Gasteiger partial charge in [0.1, 0.15) is 17.2 Å². The van der Waals surface area contributed by atoms with Gasteiger partial charge in [0.05, 0.1) is 0 Å². The first kappa shape index (κ1) is 21.5. The normalized spacial score (nSPS) is 13.5. The Morgan fingerprint density at radius 3 is 1.70 bits per heavy atom. The lowest BCUT2D eigenvalue weighted by Crippen LogP contribution is -2.57. The number of carbonyl (C=O) groups is 2. The zero-order chi connectivity index (χ0) is 18.4. The van der Waals surface area contributed by atoms with Crippen molar-refractivity contribution >= 4 is 12.2 Å². The summed E-state index contributed by atoms with van der Waals surface area (Å²) in [7, 11) is 2.87. The number of nitrogens with one attached hydrogen (secondary N) is 1. The van der Waals surface area contributed by atoms with Crippen LogP contribution in [0.1, 0.15) is 48.5 Å². The zero-order valence-corrected chi connectivity index (χ0v) is 15.6. The van der Waals surface area contributed by atoms with E-state index in [1.54, 1.807) is 48.5 Å². The van der Waals surface area contributed by atoms with Crippen LogP contribution in [-0.2, 0) is 18.9 Å². The van der Waals surface area contributed by atoms with E-state index < -0.39 is 35.7 Å². The molecule has 0 aliphatic heterocycles. The fourth-order valence-corrected chi connectivity index (χ4v) is 1.64. The zero-order valence-electron chi connectivity index (χ0n) is 15.6. The molecule has 0 aromatic carbocycles. The Hall–Kier alpha value is -1.54. The van der Waals surface area contributed by atoms with Crippen molar-refractivity contribution in [3.63, 3.8) is 0 Å². The highest BCUT2D eigenvalue weighted by molar-refractivity contribution is 5.74. The van der Waals surface area contributed by atoms with Gasteiger partial charge in [0, 0.05) is 14.2 Å². The fourth-order valence-electron chi connectivity index (χ4n) is 1.64. The number of nitrogens with zero attached hydrogens (tertiary/aromatic N) is 1. The third-order valence-corrected chi connectivity index (χ3v) is 2.47. The monoisotopic (exact) mass is 334 g/mol. The maximum absolute atomic E-state index is 12.4. The van der Waals surface area contributed by atoms with Crippen LogP contribution in [0, 0.1) is 0 Å². The van der Waals surface area contributed by atoms with Gasteiger partial charge in [0.2, 0.25) is 0 Å². The van der Waals surface area contributed by atoms with Crippen molar-refractivity contribution in [3.05, 3.63) is 0 Å². The van der Waals surface area contributed by atoms with Crippen molar-refractivity contribution in [2.45, 2.75) is 72.0 Å². The molecule has 0 aromatic rings. The summed E-state index contributed by atoms with van der Waals surface area (Å²) in [5, 5.41) is 0.997. The molecule has 0 fully saturated rings. The lowest BCUT2D eigenvalue weighted by molar-refractivity contribution is -0.147. The van der Waals surface area contributed by atoms with Crippen molar-refractivity contribution < 1.29 is 28.5 Å². The van der Waals surface area contributed by atoms with E-state index in [2.05, 4.69) is 5.43 Å². The predicted octanol–water partition coefficient (Wildman–Crippen LogP) is 2.67. The van der Waals surface area contributed by atoms with Crippen LogP contribution in [0.2, 0.25) is 0 Å². The molecule has 0 rings (SSSR count). The predicted molar refractivity (Wildman–Crippen MR) is 84.7 cm³/mol. The average Bonchev–Trinajstić information content (AvgIpc) is 2.32. The molecule has 0 aromatic heterocycles. The topological polar surface area (TPSA) is 86.3 Å². The molecule has 0 heterocycles. The lowest BCUT2D eigenvalue weighted by Gasteiger charge is -2.34. The van der Waals surface area contributed by atoms with E-state index in [0.29, 0.717) is 0 Å². The standard InChI is InChI=1S/C15H30N2O6/c1-10(11(20-8)21-9)17(13(19)23-15(5,6)7)16-12(18)22-14(2,3)4/h10-11H,1-9H3,(H,16,18). The quantitative estimate of drug-likeness (QED) is 0.628. The smallest absolute Gasteiger partial charge is 0.429 e. The maximum Gasteiger partial charge on any atom is 0.429 e. The van der Waals surface area contributed by atoms with Crippen LogP contribution in [0.3, 0.4) is 0 Å². The van der Waals surface area contributed by atoms with Crippen LogP contribution in [0.4, 0.5) is 9.59 Å². The third kappa shape index (κ3) is 8.61. The largest absolute Gasteiger partial charge is 0.443 e. The number of amides is 2. The van der Waals surface area contributed by atoms with Crippen molar-refractivity contribution in [2.75, 3.05) is 14.2 Å². The molecule has 23 heavy (non-hydrogen) atoms. The molecular formula is C15H30N2O6. The van der Waals surface area contributed by atoms with E-state index in [-0.39, 0.29) is 0 Å². The molecule has 1 N–H and O–H groups in total. The van der Waals surface area contributed by atoms with Crippen LogP contribution in [-0.4, -0.2) is 54.9 Å². The summed E-state index contributed by atoms with van der Waals surface area (Å²) in [4.78, 5) is 24.3. The molecule has 1 unspecified atom stereocenters. The van der Waals surface area contributed by atoms with E-state index in [0.717, 1.165) is 5.01 Å². The highest BCUT2D eigenvalue weighted by atomic mass is 16.7. The number of rotatable bonds is 4. The van der Waals surface area contributed by atoms with Crippen molar-refractivity contribution in [3.8, 4) is 0 Å². The van der Waals surface area contributed by atoms with Crippen molar-refractivity contribution in [1.82, 2.24) is 10.4 Å². The summed E-state index contributed by atoms with van der Waals surface area (Å²) in [6.45, 7) is 12.0. The second-order valence-corrected chi connectivity index (χ2v) is 7.04. The molecule has 0 radical (unpaired) electrons. The fraction of sp³-hybridized carbons (Fsp3) is 0.867. The average molecular weight is 334 g/mol. The van der Waals surface area contributed by atoms with E-state index in [9.17, 15) is 9.59 Å². The highest BCUT2D eigenvalue weighted by Gasteiger charge is 2.33. The summed E-state index contributed by atoms with van der Waals surface area (Å²) < 4.78 is 20.7. The van der Waals surface area contributed by atoms with E-state index >= 15 is 0 Å². The van der Waals surface area contributed by atoms with Gasteiger partial charge in [-0.3, -0.25) is 0 Å². The van der Waals surface area contributed by atoms with Gasteiger partial charge in [-0.15, -0.1) is 0 Å². The minimum Gasteiger partial charge on any atom is -0.443 e. The summed E-state index contributed by atoms with van der Waals surface area (Å²) in [6.07, 6.45) is -2.27. The maximum atomic E-state index is 12.4. The van der Waals surface area contributed by atoms with Gasteiger partial charge in [-0.05, 0) is 48.5 Å². The molecule has 0 saturated heterocycles. The van der Waals surface area contributed by atoms with Crippen LogP contribution in [0.15, 0.2) is 0 Å². The summed E-state index contributed by atoms with van der Waals surface area (Å²) in [5.74, 6) is 0. The van der Waals surface area contributed by atoms with Gasteiger partial charge in [-0.2, -0.15) is 0 Å². The minimum absolute atomic E-state index is 0.646. The van der Waals surface area contributed by atoms with Crippen molar-refractivity contribution in [2.24, 2.45) is 0 Å². The van der Waals surface area contributed by atoms with Crippen LogP contribution < -0.4 is 5.43 Å². The first-order chi connectivity index (χ1) is 10.3. The Bertz CT molecular complexity index is 396. The molecule has 0 bridgehead atoms. The first-order valence-electron chi connectivity index (χ1n) is 7.38. The molecule has 1 atom stereocenters. The molecule has 0 spiro atoms. The number of hydrazine groups is 1. The number of hydrogen-bond donors (Lipinski definition) is 1. The molecule has 8 heteroatoms. The van der Waals surface area contributed by atoms with E-state index in [1.165, 1.54) is 14.2 Å². The Morgan fingerprint density at radius 2 is 1.35 bits per heavy atom. The number of ether oxygens (including phenoxy) is 4. The molecule has 136 valence electrons. The van der Waals surface area contributed by atoms with E-state index in [4.69, 9.17) is 18.9 Å². The Kier molecular flexibility index (Phi) is 7.79. The van der Waals surface area contributed by atoms with Crippen LogP contribution >= 0.6 is 0 Å². The third-order valence-electron chi connectivity index (χ3n) is 2.47. The van der Waals surface area contributed by atoms with E-state index in [1.807, 2.05) is 0 Å². The van der Waals surface area contributed by atoms with Gasteiger partial charge in [-0.1, -0.05) is 0 Å². The number of carbonyl (C=O) groups excluding carboxylic acids is 2. The first-order valence-corrected chi connectivity index (χ1v) is 7.38. The molecule has 8 nitrogen and oxygen atoms in total. The Balaban J connectivity index is 5.21. The molecule has 2 amide bonds. The lowest BCUT2D eigenvalue weighted by atomic mass is 10.2. The molecule has 0 aliphatic carbocycles. The van der Waals surface area contributed by atoms with Gasteiger partial charge in [-0.25, -0.2) is 20.0 Å². The van der Waals surface area contributed by atoms with Crippen LogP contribution in [0.25, 0.3) is 0 Å². The molecule has 0 saturated carbocycles. The summed E-state index contributed by atoms with van der Waals surface area (Å²) >= 11 is 0. The second kappa shape index (κ2) is 8.35. The van der Waals surface area contributed by atoms with Crippen molar-refractivity contribution in [1.29, 1.82) is 0 Å². The van der Waals surface area contributed by atoms with Gasteiger partial charge < -0.3 is 18.9 Å². The Labute approximate surface area is 138 Å². The van der Waals surface area contributed by atoms with Gasteiger partial charge in [0.15, 0.2) is 6.29 Å². The SMILES string of the molecule is COC(OC)C(C)N(NC(=O)OC(C)(C)C)C(=O)OC(C)(C)C. The van der Waals surface area contributed by atoms with Crippen LogP contribution in [0.5, 0.6) is 0 Å². The minimum atomic E-state index is -0.777. The summed E-state index contributed by atoms with van der Waals surface area (Å²) in [6, 6.07) is -0.646. The Morgan fingerprint density at radius 1 is 0.913 bits per heavy atom.